The van der Waals surface area contributed by atoms with Crippen LogP contribution in [0.4, 0.5) is 0 Å². The maximum Gasteiger partial charge on any atom is 0.119 e. The van der Waals surface area contributed by atoms with E-state index in [1.54, 1.807) is 12.1 Å². The van der Waals surface area contributed by atoms with E-state index in [-0.39, 0.29) is 0 Å². The lowest BCUT2D eigenvalue weighted by atomic mass is 9.72. The zero-order chi connectivity index (χ0) is 22.2. The Bertz CT molecular complexity index is 924. The average molecular weight is 431 g/mol. The van der Waals surface area contributed by atoms with Crippen molar-refractivity contribution in [2.24, 2.45) is 5.92 Å². The standard InChI is InChI=1S/C28H34N2O2/c29-22-24-11-13-27(14-12-24)32-20-6-17-30-18-15-26(16-19-30)28(31,25-9-4-5-10-25)21-23-7-2-1-3-8-23/h1-3,7-9,11-14,26,31H,4-6,10,15-21H2. The lowest BCUT2D eigenvalue weighted by molar-refractivity contribution is -0.0148. The molecule has 1 aliphatic heterocycles. The van der Waals surface area contributed by atoms with Crippen molar-refractivity contribution in [3.63, 3.8) is 0 Å². The topological polar surface area (TPSA) is 56.5 Å². The highest BCUT2D eigenvalue weighted by Crippen LogP contribution is 2.41. The van der Waals surface area contributed by atoms with Crippen molar-refractivity contribution in [2.45, 2.75) is 50.5 Å². The molecule has 1 aliphatic carbocycles. The van der Waals surface area contributed by atoms with Gasteiger partial charge in [0.2, 0.25) is 0 Å². The van der Waals surface area contributed by atoms with Crippen LogP contribution in [0.2, 0.25) is 0 Å². The third-order valence-electron chi connectivity index (χ3n) is 7.05. The third kappa shape index (κ3) is 5.59. The van der Waals surface area contributed by atoms with E-state index >= 15 is 0 Å². The van der Waals surface area contributed by atoms with E-state index in [1.165, 1.54) is 17.6 Å². The molecule has 168 valence electrons. The normalized spacial score (nSPS) is 19.2. The number of rotatable bonds is 9. The van der Waals surface area contributed by atoms with Gasteiger partial charge in [0.1, 0.15) is 5.75 Å². The summed E-state index contributed by atoms with van der Waals surface area (Å²) in [5, 5.41) is 20.8. The van der Waals surface area contributed by atoms with Gasteiger partial charge in [0.25, 0.3) is 0 Å². The van der Waals surface area contributed by atoms with Crippen LogP contribution in [0.3, 0.4) is 0 Å². The summed E-state index contributed by atoms with van der Waals surface area (Å²) in [6.07, 6.45) is 9.39. The van der Waals surface area contributed by atoms with Crippen LogP contribution in [0.25, 0.3) is 0 Å². The number of hydrogen-bond donors (Lipinski definition) is 1. The molecule has 2 aliphatic rings. The van der Waals surface area contributed by atoms with E-state index < -0.39 is 5.60 Å². The van der Waals surface area contributed by atoms with Crippen LogP contribution in [-0.4, -0.2) is 41.8 Å². The van der Waals surface area contributed by atoms with Gasteiger partial charge in [-0.1, -0.05) is 36.4 Å². The minimum atomic E-state index is -0.706. The summed E-state index contributed by atoms with van der Waals surface area (Å²) in [4.78, 5) is 2.50. The molecule has 1 saturated heterocycles. The first-order valence-corrected chi connectivity index (χ1v) is 12.0. The number of aliphatic hydroxyl groups is 1. The quantitative estimate of drug-likeness (QED) is 0.443. The first kappa shape index (κ1) is 22.6. The number of ether oxygens (including phenoxy) is 1. The fraction of sp³-hybridized carbons (Fsp3) is 0.464. The van der Waals surface area contributed by atoms with Gasteiger partial charge in [-0.2, -0.15) is 5.26 Å². The smallest absolute Gasteiger partial charge is 0.119 e. The predicted molar refractivity (Wildman–Crippen MR) is 127 cm³/mol. The Morgan fingerprint density at radius 1 is 1.06 bits per heavy atom. The molecule has 1 heterocycles. The molecule has 4 nitrogen and oxygen atoms in total. The summed E-state index contributed by atoms with van der Waals surface area (Å²) in [6.45, 7) is 3.76. The van der Waals surface area contributed by atoms with Gasteiger partial charge in [-0.05, 0) is 92.9 Å². The Morgan fingerprint density at radius 3 is 2.47 bits per heavy atom. The summed E-state index contributed by atoms with van der Waals surface area (Å²) in [7, 11) is 0. The van der Waals surface area contributed by atoms with E-state index in [0.717, 1.165) is 63.9 Å². The molecule has 0 aromatic heterocycles. The summed E-state index contributed by atoms with van der Waals surface area (Å²) in [6, 6.07) is 19.9. The van der Waals surface area contributed by atoms with Crippen molar-refractivity contribution >= 4 is 0 Å². The third-order valence-corrected chi connectivity index (χ3v) is 7.05. The largest absolute Gasteiger partial charge is 0.494 e. The second-order valence-electron chi connectivity index (χ2n) is 9.16. The van der Waals surface area contributed by atoms with Crippen molar-refractivity contribution in [1.29, 1.82) is 5.26 Å². The molecular formula is C28H34N2O2. The van der Waals surface area contributed by atoms with E-state index in [9.17, 15) is 5.11 Å². The second-order valence-corrected chi connectivity index (χ2v) is 9.16. The van der Waals surface area contributed by atoms with Crippen LogP contribution in [0.1, 0.15) is 49.7 Å². The fourth-order valence-corrected chi connectivity index (χ4v) is 5.23. The van der Waals surface area contributed by atoms with Crippen molar-refractivity contribution in [1.82, 2.24) is 4.90 Å². The molecule has 0 bridgehead atoms. The molecular weight excluding hydrogens is 396 g/mol. The first-order valence-electron chi connectivity index (χ1n) is 12.0. The molecule has 1 atom stereocenters. The van der Waals surface area contributed by atoms with Gasteiger partial charge in [-0.25, -0.2) is 0 Å². The molecule has 1 unspecified atom stereocenters. The molecule has 4 rings (SSSR count). The fourth-order valence-electron chi connectivity index (χ4n) is 5.23. The lowest BCUT2D eigenvalue weighted by Crippen LogP contribution is -2.48. The van der Waals surface area contributed by atoms with Crippen LogP contribution in [0.5, 0.6) is 5.75 Å². The molecule has 1 fully saturated rings. The molecule has 0 spiro atoms. The Labute approximate surface area is 192 Å². The minimum absolute atomic E-state index is 0.318. The van der Waals surface area contributed by atoms with Gasteiger partial charge < -0.3 is 14.7 Å². The molecule has 0 saturated carbocycles. The Hall–Kier alpha value is -2.61. The number of piperidine rings is 1. The summed E-state index contributed by atoms with van der Waals surface area (Å²) in [5.74, 6) is 1.14. The number of nitriles is 1. The van der Waals surface area contributed by atoms with Gasteiger partial charge in [0, 0.05) is 13.0 Å². The van der Waals surface area contributed by atoms with E-state index in [4.69, 9.17) is 10.00 Å². The van der Waals surface area contributed by atoms with Gasteiger partial charge >= 0.3 is 0 Å². The van der Waals surface area contributed by atoms with Gasteiger partial charge in [0.15, 0.2) is 0 Å². The highest BCUT2D eigenvalue weighted by molar-refractivity contribution is 5.34. The Morgan fingerprint density at radius 2 is 1.81 bits per heavy atom. The van der Waals surface area contributed by atoms with Crippen molar-refractivity contribution < 1.29 is 9.84 Å². The molecule has 4 heteroatoms. The number of hydrogen-bond acceptors (Lipinski definition) is 4. The van der Waals surface area contributed by atoms with Crippen LogP contribution < -0.4 is 4.74 Å². The van der Waals surface area contributed by atoms with E-state index in [0.29, 0.717) is 18.1 Å². The predicted octanol–water partition coefficient (Wildman–Crippen LogP) is 5.12. The van der Waals surface area contributed by atoms with E-state index in [1.807, 2.05) is 18.2 Å². The number of benzene rings is 2. The lowest BCUT2D eigenvalue weighted by Gasteiger charge is -2.43. The van der Waals surface area contributed by atoms with Gasteiger partial charge in [-0.3, -0.25) is 0 Å². The first-order chi connectivity index (χ1) is 15.7. The van der Waals surface area contributed by atoms with Crippen molar-refractivity contribution in [2.75, 3.05) is 26.2 Å². The monoisotopic (exact) mass is 430 g/mol. The zero-order valence-electron chi connectivity index (χ0n) is 18.9. The Kier molecular flexibility index (Phi) is 7.63. The Balaban J connectivity index is 1.26. The van der Waals surface area contributed by atoms with Crippen molar-refractivity contribution in [3.05, 3.63) is 77.4 Å². The zero-order valence-corrected chi connectivity index (χ0v) is 18.9. The molecule has 32 heavy (non-hydrogen) atoms. The van der Waals surface area contributed by atoms with Gasteiger partial charge in [0.05, 0.1) is 23.8 Å². The van der Waals surface area contributed by atoms with Crippen LogP contribution in [0.15, 0.2) is 66.2 Å². The van der Waals surface area contributed by atoms with Gasteiger partial charge in [-0.15, -0.1) is 0 Å². The van der Waals surface area contributed by atoms with Crippen LogP contribution >= 0.6 is 0 Å². The number of nitrogens with zero attached hydrogens (tertiary/aromatic N) is 2. The maximum atomic E-state index is 11.9. The molecule has 2 aromatic rings. The highest BCUT2D eigenvalue weighted by atomic mass is 16.5. The molecule has 0 radical (unpaired) electrons. The minimum Gasteiger partial charge on any atom is -0.494 e. The molecule has 0 amide bonds. The summed E-state index contributed by atoms with van der Waals surface area (Å²) >= 11 is 0. The average Bonchev–Trinajstić information content (AvgIpc) is 3.39. The highest BCUT2D eigenvalue weighted by Gasteiger charge is 2.41. The van der Waals surface area contributed by atoms with Crippen LogP contribution in [0, 0.1) is 17.2 Å². The van der Waals surface area contributed by atoms with Crippen molar-refractivity contribution in [3.8, 4) is 11.8 Å². The number of allylic oxidation sites excluding steroid dienone is 1. The molecule has 2 aromatic carbocycles. The maximum absolute atomic E-state index is 11.9. The second kappa shape index (κ2) is 10.8. The van der Waals surface area contributed by atoms with E-state index in [2.05, 4.69) is 41.3 Å². The molecule has 1 N–H and O–H groups in total. The summed E-state index contributed by atoms with van der Waals surface area (Å²) < 4.78 is 5.82. The number of likely N-dealkylation sites (tertiary alicyclic amines) is 1. The summed E-state index contributed by atoms with van der Waals surface area (Å²) in [5.41, 5.74) is 2.45. The SMILES string of the molecule is N#Cc1ccc(OCCCN2CCC(C(O)(Cc3ccccc3)C3=CCCC3)CC2)cc1. The van der Waals surface area contributed by atoms with Crippen LogP contribution in [-0.2, 0) is 6.42 Å².